The van der Waals surface area contributed by atoms with E-state index < -0.39 is 5.97 Å². The van der Waals surface area contributed by atoms with E-state index in [1.54, 1.807) is 11.3 Å². The number of thiophene rings is 1. The molecule has 1 N–H and O–H groups in total. The van der Waals surface area contributed by atoms with Gasteiger partial charge in [0.2, 0.25) is 0 Å². The number of hydrogen-bond acceptors (Lipinski definition) is 3. The normalized spacial score (nSPS) is 12.1. The highest BCUT2D eigenvalue weighted by Crippen LogP contribution is 2.24. The molecule has 0 aromatic carbocycles. The largest absolute Gasteiger partial charge is 0.481 e. The van der Waals surface area contributed by atoms with Gasteiger partial charge < -0.3 is 10.0 Å². The van der Waals surface area contributed by atoms with Gasteiger partial charge in [-0.25, -0.2) is 0 Å². The van der Waals surface area contributed by atoms with Crippen LogP contribution in [0.1, 0.15) is 25.1 Å². The number of carbonyl (C=O) groups is 1. The van der Waals surface area contributed by atoms with Crippen LogP contribution in [-0.2, 0) is 11.2 Å². The van der Waals surface area contributed by atoms with Crippen LogP contribution < -0.4 is 0 Å². The van der Waals surface area contributed by atoms with E-state index >= 15 is 0 Å². The molecule has 0 fully saturated rings. The zero-order chi connectivity index (χ0) is 13.8. The van der Waals surface area contributed by atoms with Crippen LogP contribution in [0, 0.1) is 5.41 Å². The van der Waals surface area contributed by atoms with Crippen molar-refractivity contribution >= 4 is 33.2 Å². The molecule has 0 radical (unpaired) electrons. The molecule has 102 valence electrons. The summed E-state index contributed by atoms with van der Waals surface area (Å²) in [6, 6.07) is 4.19. The van der Waals surface area contributed by atoms with Crippen LogP contribution in [0.25, 0.3) is 0 Å². The van der Waals surface area contributed by atoms with Crippen molar-refractivity contribution < 1.29 is 9.90 Å². The van der Waals surface area contributed by atoms with Crippen LogP contribution in [-0.4, -0.2) is 36.1 Å². The Morgan fingerprint density at radius 1 is 1.50 bits per heavy atom. The Morgan fingerprint density at radius 3 is 2.67 bits per heavy atom. The van der Waals surface area contributed by atoms with Gasteiger partial charge in [-0.2, -0.15) is 0 Å². The highest BCUT2D eigenvalue weighted by atomic mass is 79.9. The fourth-order valence-electron chi connectivity index (χ4n) is 2.06. The summed E-state index contributed by atoms with van der Waals surface area (Å²) in [5.74, 6) is -0.726. The molecule has 3 nitrogen and oxygen atoms in total. The van der Waals surface area contributed by atoms with Gasteiger partial charge in [0.25, 0.3) is 0 Å². The van der Waals surface area contributed by atoms with Crippen molar-refractivity contribution in [1.82, 2.24) is 4.90 Å². The maximum Gasteiger partial charge on any atom is 0.303 e. The number of nitrogens with zero attached hydrogens (tertiary/aromatic N) is 1. The number of halogens is 1. The molecule has 0 saturated heterocycles. The number of aliphatic carboxylic acids is 1. The monoisotopic (exact) mass is 333 g/mol. The molecule has 0 aliphatic carbocycles. The Labute approximate surface area is 121 Å². The highest BCUT2D eigenvalue weighted by Gasteiger charge is 2.23. The lowest BCUT2D eigenvalue weighted by molar-refractivity contribution is -0.139. The van der Waals surface area contributed by atoms with Gasteiger partial charge in [-0.3, -0.25) is 4.79 Å². The molecule has 18 heavy (non-hydrogen) atoms. The number of carboxylic acid groups (broad SMARTS) is 1. The van der Waals surface area contributed by atoms with E-state index in [1.807, 2.05) is 20.9 Å². The van der Waals surface area contributed by atoms with Crippen molar-refractivity contribution in [1.29, 1.82) is 0 Å². The number of rotatable bonds is 7. The van der Waals surface area contributed by atoms with Crippen LogP contribution in [0.3, 0.4) is 0 Å². The van der Waals surface area contributed by atoms with Crippen molar-refractivity contribution in [3.8, 4) is 0 Å². The first-order valence-electron chi connectivity index (χ1n) is 5.93. The molecule has 0 saturated carbocycles. The van der Waals surface area contributed by atoms with Gasteiger partial charge >= 0.3 is 5.97 Å². The van der Waals surface area contributed by atoms with Gasteiger partial charge in [0.15, 0.2) is 0 Å². The lowest BCUT2D eigenvalue weighted by atomic mass is 9.89. The first kappa shape index (κ1) is 15.7. The summed E-state index contributed by atoms with van der Waals surface area (Å²) in [6.07, 6.45) is 1.22. The Balaban J connectivity index is 2.37. The zero-order valence-corrected chi connectivity index (χ0v) is 13.5. The average Bonchev–Trinajstić information content (AvgIpc) is 2.58. The van der Waals surface area contributed by atoms with E-state index in [1.165, 1.54) is 4.88 Å². The highest BCUT2D eigenvalue weighted by molar-refractivity contribution is 9.11. The Morgan fingerprint density at radius 2 is 2.17 bits per heavy atom. The molecular formula is C13H20BrNO2S. The maximum atomic E-state index is 10.8. The maximum absolute atomic E-state index is 10.8. The van der Waals surface area contributed by atoms with Crippen LogP contribution >= 0.6 is 27.3 Å². The minimum Gasteiger partial charge on any atom is -0.481 e. The number of likely N-dealkylation sites (N-methyl/N-ethyl adjacent to an activating group) is 1. The van der Waals surface area contributed by atoms with Gasteiger partial charge in [-0.15, -0.1) is 11.3 Å². The number of carboxylic acids is 1. The Kier molecular flexibility index (Phi) is 5.82. The quantitative estimate of drug-likeness (QED) is 0.830. The average molecular weight is 334 g/mol. The molecule has 0 aliphatic rings. The fraction of sp³-hybridized carbons (Fsp3) is 0.615. The van der Waals surface area contributed by atoms with E-state index in [-0.39, 0.29) is 11.8 Å². The lowest BCUT2D eigenvalue weighted by Gasteiger charge is -2.28. The molecule has 1 aromatic heterocycles. The molecule has 1 aromatic rings. The Bertz CT molecular complexity index is 403. The molecule has 0 aliphatic heterocycles. The summed E-state index contributed by atoms with van der Waals surface area (Å²) in [5.41, 5.74) is -0.184. The van der Waals surface area contributed by atoms with E-state index in [0.29, 0.717) is 0 Å². The SMILES string of the molecule is CN(CCc1ccc(Br)s1)CC(C)(C)CC(=O)O. The van der Waals surface area contributed by atoms with Gasteiger partial charge in [-0.05, 0) is 46.9 Å². The van der Waals surface area contributed by atoms with E-state index in [0.717, 1.165) is 23.3 Å². The fourth-order valence-corrected chi connectivity index (χ4v) is 3.53. The third kappa shape index (κ3) is 5.98. The van der Waals surface area contributed by atoms with Crippen molar-refractivity contribution in [2.75, 3.05) is 20.1 Å². The van der Waals surface area contributed by atoms with Crippen LogP contribution in [0.5, 0.6) is 0 Å². The lowest BCUT2D eigenvalue weighted by Crippen LogP contribution is -2.34. The third-order valence-electron chi connectivity index (χ3n) is 2.70. The first-order chi connectivity index (χ1) is 8.28. The van der Waals surface area contributed by atoms with Crippen molar-refractivity contribution in [2.24, 2.45) is 5.41 Å². The van der Waals surface area contributed by atoms with Gasteiger partial charge in [-0.1, -0.05) is 13.8 Å². The summed E-state index contributed by atoms with van der Waals surface area (Å²) >= 11 is 5.21. The zero-order valence-electron chi connectivity index (χ0n) is 11.1. The molecule has 0 amide bonds. The minimum absolute atomic E-state index is 0.184. The topological polar surface area (TPSA) is 40.5 Å². The van der Waals surface area contributed by atoms with E-state index in [4.69, 9.17) is 5.11 Å². The Hall–Kier alpha value is -0.390. The van der Waals surface area contributed by atoms with Crippen LogP contribution in [0.15, 0.2) is 15.9 Å². The van der Waals surface area contributed by atoms with E-state index in [9.17, 15) is 4.79 Å². The molecular weight excluding hydrogens is 314 g/mol. The summed E-state index contributed by atoms with van der Waals surface area (Å²) in [5, 5.41) is 8.85. The second-order valence-electron chi connectivity index (χ2n) is 5.43. The van der Waals surface area contributed by atoms with Crippen molar-refractivity contribution in [2.45, 2.75) is 26.7 Å². The summed E-state index contributed by atoms with van der Waals surface area (Å²) in [6.45, 7) is 5.75. The number of hydrogen-bond donors (Lipinski definition) is 1. The molecule has 1 heterocycles. The molecule has 0 atom stereocenters. The van der Waals surface area contributed by atoms with Crippen LogP contribution in [0.4, 0.5) is 0 Å². The molecule has 0 spiro atoms. The predicted molar refractivity (Wildman–Crippen MR) is 79.3 cm³/mol. The van der Waals surface area contributed by atoms with Crippen molar-refractivity contribution in [3.63, 3.8) is 0 Å². The second kappa shape index (κ2) is 6.68. The summed E-state index contributed by atoms with van der Waals surface area (Å²) in [4.78, 5) is 14.3. The van der Waals surface area contributed by atoms with Gasteiger partial charge in [0, 0.05) is 18.0 Å². The van der Waals surface area contributed by atoms with Crippen LogP contribution in [0.2, 0.25) is 0 Å². The molecule has 5 heteroatoms. The smallest absolute Gasteiger partial charge is 0.303 e. The van der Waals surface area contributed by atoms with E-state index in [2.05, 4.69) is 33.0 Å². The standard InChI is InChI=1S/C13H20BrNO2S/c1-13(2,8-12(16)17)9-15(3)7-6-10-4-5-11(14)18-10/h4-5H,6-9H2,1-3H3,(H,16,17). The van der Waals surface area contributed by atoms with Gasteiger partial charge in [0.05, 0.1) is 10.2 Å². The van der Waals surface area contributed by atoms with Crippen molar-refractivity contribution in [3.05, 3.63) is 20.8 Å². The minimum atomic E-state index is -0.726. The molecule has 0 unspecified atom stereocenters. The predicted octanol–water partition coefficient (Wildman–Crippen LogP) is 3.49. The first-order valence-corrected chi connectivity index (χ1v) is 7.54. The summed E-state index contributed by atoms with van der Waals surface area (Å²) in [7, 11) is 2.05. The third-order valence-corrected chi connectivity index (χ3v) is 4.38. The van der Waals surface area contributed by atoms with Gasteiger partial charge in [0.1, 0.15) is 0 Å². The molecule has 1 rings (SSSR count). The second-order valence-corrected chi connectivity index (χ2v) is 7.98. The summed E-state index contributed by atoms with van der Waals surface area (Å²) < 4.78 is 1.16. The molecule has 0 bridgehead atoms.